The number of hydrogen-bond donors (Lipinski definition) is 1. The normalized spacial score (nSPS) is 12.9. The summed E-state index contributed by atoms with van der Waals surface area (Å²) >= 11 is 12.2. The number of hydrogen-bond acceptors (Lipinski definition) is 2. The number of benzene rings is 2. The van der Waals surface area contributed by atoms with E-state index >= 15 is 0 Å². The standard InChI is InChI=1S/C20H19Cl2NO2/c1-3-19(25)23-12-16(13(2)24)20(14-7-5-4-6-8-14)15-9-10-17(21)18(22)11-15/h3-11,16,20H,1,12H2,2H3,(H,23,25). The highest BCUT2D eigenvalue weighted by molar-refractivity contribution is 6.42. The molecule has 130 valence electrons. The molecular weight excluding hydrogens is 357 g/mol. The SMILES string of the molecule is C=CC(=O)NCC(C(C)=O)C(c1ccccc1)c1ccc(Cl)c(Cl)c1. The number of ketones is 1. The first-order chi connectivity index (χ1) is 11.9. The summed E-state index contributed by atoms with van der Waals surface area (Å²) in [6.07, 6.45) is 1.19. The van der Waals surface area contributed by atoms with Crippen molar-refractivity contribution in [1.29, 1.82) is 0 Å². The highest BCUT2D eigenvalue weighted by Crippen LogP contribution is 2.35. The zero-order valence-corrected chi connectivity index (χ0v) is 15.3. The van der Waals surface area contributed by atoms with Crippen molar-refractivity contribution < 1.29 is 9.59 Å². The number of amides is 1. The van der Waals surface area contributed by atoms with Crippen LogP contribution in [-0.4, -0.2) is 18.2 Å². The second kappa shape index (κ2) is 8.84. The second-order valence-corrected chi connectivity index (χ2v) is 6.54. The van der Waals surface area contributed by atoms with Crippen molar-refractivity contribution in [2.24, 2.45) is 5.92 Å². The van der Waals surface area contributed by atoms with Gasteiger partial charge in [0.1, 0.15) is 5.78 Å². The van der Waals surface area contributed by atoms with E-state index in [0.717, 1.165) is 11.1 Å². The maximum Gasteiger partial charge on any atom is 0.243 e. The summed E-state index contributed by atoms with van der Waals surface area (Å²) in [5.74, 6) is -1.03. The number of carbonyl (C=O) groups is 2. The van der Waals surface area contributed by atoms with Crippen molar-refractivity contribution in [3.63, 3.8) is 0 Å². The molecule has 0 aliphatic heterocycles. The van der Waals surface area contributed by atoms with Gasteiger partial charge in [0, 0.05) is 18.4 Å². The number of carbonyl (C=O) groups excluding carboxylic acids is 2. The van der Waals surface area contributed by atoms with Crippen molar-refractivity contribution >= 4 is 34.9 Å². The van der Waals surface area contributed by atoms with E-state index in [1.54, 1.807) is 12.1 Å². The molecular formula is C20H19Cl2NO2. The third-order valence-corrected chi connectivity index (χ3v) is 4.81. The monoisotopic (exact) mass is 375 g/mol. The third kappa shape index (κ3) is 4.94. The molecule has 0 aromatic heterocycles. The van der Waals surface area contributed by atoms with Crippen LogP contribution in [0.25, 0.3) is 0 Å². The predicted octanol–water partition coefficient (Wildman–Crippen LogP) is 4.63. The average Bonchev–Trinajstić information content (AvgIpc) is 2.61. The van der Waals surface area contributed by atoms with Crippen LogP contribution in [0.5, 0.6) is 0 Å². The molecule has 2 aromatic carbocycles. The lowest BCUT2D eigenvalue weighted by Crippen LogP contribution is -2.35. The second-order valence-electron chi connectivity index (χ2n) is 5.73. The van der Waals surface area contributed by atoms with Crippen molar-refractivity contribution in [2.75, 3.05) is 6.54 Å². The van der Waals surface area contributed by atoms with E-state index < -0.39 is 5.92 Å². The van der Waals surface area contributed by atoms with Crippen LogP contribution in [0.4, 0.5) is 0 Å². The molecule has 25 heavy (non-hydrogen) atoms. The highest BCUT2D eigenvalue weighted by Gasteiger charge is 2.29. The van der Waals surface area contributed by atoms with Crippen molar-refractivity contribution in [3.8, 4) is 0 Å². The molecule has 1 amide bonds. The van der Waals surface area contributed by atoms with E-state index in [4.69, 9.17) is 23.2 Å². The van der Waals surface area contributed by atoms with Crippen molar-refractivity contribution in [2.45, 2.75) is 12.8 Å². The van der Waals surface area contributed by atoms with E-state index in [0.29, 0.717) is 10.0 Å². The lowest BCUT2D eigenvalue weighted by Gasteiger charge is -2.27. The topological polar surface area (TPSA) is 46.2 Å². The molecule has 2 aromatic rings. The maximum atomic E-state index is 12.3. The first-order valence-corrected chi connectivity index (χ1v) is 8.60. The van der Waals surface area contributed by atoms with E-state index in [9.17, 15) is 9.59 Å². The Labute approximate surface area is 157 Å². The quantitative estimate of drug-likeness (QED) is 0.716. The van der Waals surface area contributed by atoms with Gasteiger partial charge in [-0.3, -0.25) is 9.59 Å². The van der Waals surface area contributed by atoms with Crippen LogP contribution in [0, 0.1) is 5.92 Å². The van der Waals surface area contributed by atoms with Gasteiger partial charge < -0.3 is 5.32 Å². The van der Waals surface area contributed by atoms with Gasteiger partial charge in [0.05, 0.1) is 10.0 Å². The first-order valence-electron chi connectivity index (χ1n) is 7.84. The lowest BCUT2D eigenvalue weighted by atomic mass is 9.78. The largest absolute Gasteiger partial charge is 0.352 e. The zero-order chi connectivity index (χ0) is 18.4. The van der Waals surface area contributed by atoms with Gasteiger partial charge in [-0.2, -0.15) is 0 Å². The van der Waals surface area contributed by atoms with E-state index in [2.05, 4.69) is 11.9 Å². The Kier molecular flexibility index (Phi) is 6.80. The molecule has 0 heterocycles. The van der Waals surface area contributed by atoms with Gasteiger partial charge in [0.15, 0.2) is 0 Å². The maximum absolute atomic E-state index is 12.3. The Hall–Kier alpha value is -2.10. The fraction of sp³-hybridized carbons (Fsp3) is 0.200. The van der Waals surface area contributed by atoms with Gasteiger partial charge in [0.25, 0.3) is 0 Å². The highest BCUT2D eigenvalue weighted by atomic mass is 35.5. The number of rotatable bonds is 7. The van der Waals surface area contributed by atoms with Gasteiger partial charge >= 0.3 is 0 Å². The molecule has 1 N–H and O–H groups in total. The van der Waals surface area contributed by atoms with Gasteiger partial charge in [-0.1, -0.05) is 66.2 Å². The van der Waals surface area contributed by atoms with Crippen molar-refractivity contribution in [3.05, 3.63) is 82.4 Å². The van der Waals surface area contributed by atoms with Crippen LogP contribution in [-0.2, 0) is 9.59 Å². The average molecular weight is 376 g/mol. The molecule has 0 aliphatic carbocycles. The van der Waals surface area contributed by atoms with Gasteiger partial charge in [-0.05, 0) is 36.3 Å². The van der Waals surface area contributed by atoms with E-state index in [1.807, 2.05) is 36.4 Å². The van der Waals surface area contributed by atoms with Crippen LogP contribution in [0.1, 0.15) is 24.0 Å². The number of Topliss-reactive ketones (excluding diaryl/α,β-unsaturated/α-hetero) is 1. The summed E-state index contributed by atoms with van der Waals surface area (Å²) in [5, 5.41) is 3.61. The lowest BCUT2D eigenvalue weighted by molar-refractivity contribution is -0.121. The smallest absolute Gasteiger partial charge is 0.243 e. The zero-order valence-electron chi connectivity index (χ0n) is 13.8. The molecule has 0 bridgehead atoms. The number of nitrogens with one attached hydrogen (secondary N) is 1. The minimum atomic E-state index is -0.441. The van der Waals surface area contributed by atoms with E-state index in [1.165, 1.54) is 13.0 Å². The van der Waals surface area contributed by atoms with Crippen LogP contribution in [0.3, 0.4) is 0 Å². The fourth-order valence-electron chi connectivity index (χ4n) is 2.80. The molecule has 0 saturated heterocycles. The Balaban J connectivity index is 2.48. The number of halogens is 2. The van der Waals surface area contributed by atoms with Gasteiger partial charge in [-0.25, -0.2) is 0 Å². The summed E-state index contributed by atoms with van der Waals surface area (Å²) in [6, 6.07) is 15.0. The molecule has 0 fully saturated rings. The van der Waals surface area contributed by atoms with Crippen LogP contribution in [0.2, 0.25) is 10.0 Å². The van der Waals surface area contributed by atoms with Gasteiger partial charge in [-0.15, -0.1) is 0 Å². The third-order valence-electron chi connectivity index (χ3n) is 4.07. The molecule has 2 unspecified atom stereocenters. The minimum Gasteiger partial charge on any atom is -0.352 e. The Morgan fingerprint density at radius 1 is 1.08 bits per heavy atom. The molecule has 0 aliphatic rings. The molecule has 5 heteroatoms. The van der Waals surface area contributed by atoms with Crippen LogP contribution < -0.4 is 5.32 Å². The molecule has 2 atom stereocenters. The van der Waals surface area contributed by atoms with Gasteiger partial charge in [0.2, 0.25) is 5.91 Å². The Morgan fingerprint density at radius 2 is 1.76 bits per heavy atom. The summed E-state index contributed by atoms with van der Waals surface area (Å²) in [6.45, 7) is 5.17. The predicted molar refractivity (Wildman–Crippen MR) is 102 cm³/mol. The molecule has 2 rings (SSSR count). The fourth-order valence-corrected chi connectivity index (χ4v) is 3.11. The summed E-state index contributed by atoms with van der Waals surface area (Å²) in [5.41, 5.74) is 1.84. The molecule has 3 nitrogen and oxygen atoms in total. The summed E-state index contributed by atoms with van der Waals surface area (Å²) in [4.78, 5) is 23.9. The first kappa shape index (κ1) is 19.2. The summed E-state index contributed by atoms with van der Waals surface area (Å²) < 4.78 is 0. The van der Waals surface area contributed by atoms with Crippen molar-refractivity contribution in [1.82, 2.24) is 5.32 Å². The Bertz CT molecular complexity index is 775. The van der Waals surface area contributed by atoms with Crippen LogP contribution in [0.15, 0.2) is 61.2 Å². The minimum absolute atomic E-state index is 0.0238. The molecule has 0 radical (unpaired) electrons. The molecule has 0 spiro atoms. The Morgan fingerprint density at radius 3 is 2.32 bits per heavy atom. The summed E-state index contributed by atoms with van der Waals surface area (Å²) in [7, 11) is 0. The van der Waals surface area contributed by atoms with E-state index in [-0.39, 0.29) is 24.2 Å². The van der Waals surface area contributed by atoms with Crippen LogP contribution >= 0.6 is 23.2 Å². The molecule has 0 saturated carbocycles.